The van der Waals surface area contributed by atoms with Gasteiger partial charge in [-0.25, -0.2) is 4.98 Å². The molecule has 2 aromatic rings. The van der Waals surface area contributed by atoms with Crippen LogP contribution in [-0.4, -0.2) is 16.6 Å². The van der Waals surface area contributed by atoms with E-state index in [0.29, 0.717) is 10.8 Å². The Balaban J connectivity index is 2.06. The number of hydrogen-bond donors (Lipinski definition) is 2. The first-order chi connectivity index (χ1) is 9.69. The van der Waals surface area contributed by atoms with Gasteiger partial charge in [0, 0.05) is 17.4 Å². The highest BCUT2D eigenvalue weighted by Crippen LogP contribution is 2.19. The van der Waals surface area contributed by atoms with E-state index in [-0.39, 0.29) is 0 Å². The van der Waals surface area contributed by atoms with Gasteiger partial charge in [0.25, 0.3) is 0 Å². The van der Waals surface area contributed by atoms with Crippen molar-refractivity contribution in [3.8, 4) is 5.75 Å². The topological polar surface area (TPSA) is 60.2 Å². The van der Waals surface area contributed by atoms with Crippen molar-refractivity contribution in [2.45, 2.75) is 13.3 Å². The van der Waals surface area contributed by atoms with E-state index in [9.17, 15) is 0 Å². The molecule has 5 heteroatoms. The molecule has 0 saturated carbocycles. The molecule has 0 saturated heterocycles. The lowest BCUT2D eigenvalue weighted by Gasteiger charge is -2.08. The molecule has 0 atom stereocenters. The fourth-order valence-electron chi connectivity index (χ4n) is 1.65. The summed E-state index contributed by atoms with van der Waals surface area (Å²) in [5, 5.41) is 3.20. The van der Waals surface area contributed by atoms with Crippen LogP contribution in [0.25, 0.3) is 0 Å². The highest BCUT2D eigenvalue weighted by atomic mass is 32.1. The van der Waals surface area contributed by atoms with Gasteiger partial charge in [-0.3, -0.25) is 0 Å². The van der Waals surface area contributed by atoms with Crippen LogP contribution in [0.3, 0.4) is 0 Å². The number of nitrogens with one attached hydrogen (secondary N) is 1. The lowest BCUT2D eigenvalue weighted by atomic mass is 10.2. The number of thiocarbonyl (C=S) groups is 1. The number of nitrogens with two attached hydrogens (primary N) is 1. The fraction of sp³-hybridized carbons (Fsp3) is 0.200. The molecule has 0 radical (unpaired) electrons. The molecule has 0 aliphatic rings. The van der Waals surface area contributed by atoms with Gasteiger partial charge < -0.3 is 15.8 Å². The Bertz CT molecular complexity index is 584. The van der Waals surface area contributed by atoms with Gasteiger partial charge >= 0.3 is 0 Å². The predicted molar refractivity (Wildman–Crippen MR) is 85.6 cm³/mol. The summed E-state index contributed by atoms with van der Waals surface area (Å²) in [5.41, 5.74) is 7.33. The van der Waals surface area contributed by atoms with Crippen molar-refractivity contribution in [3.05, 3.63) is 48.2 Å². The molecule has 0 aliphatic carbocycles. The Morgan fingerprint density at radius 3 is 2.70 bits per heavy atom. The van der Waals surface area contributed by atoms with E-state index < -0.39 is 0 Å². The Labute approximate surface area is 124 Å². The summed E-state index contributed by atoms with van der Waals surface area (Å²) in [4.78, 5) is 4.59. The molecule has 0 fully saturated rings. The molecule has 104 valence electrons. The molecule has 0 amide bonds. The van der Waals surface area contributed by atoms with Gasteiger partial charge in [-0.2, -0.15) is 0 Å². The highest BCUT2D eigenvalue weighted by molar-refractivity contribution is 7.80. The van der Waals surface area contributed by atoms with E-state index in [2.05, 4.69) is 17.2 Å². The summed E-state index contributed by atoms with van der Waals surface area (Å²) in [6, 6.07) is 11.4. The van der Waals surface area contributed by atoms with Crippen LogP contribution in [0.15, 0.2) is 42.6 Å². The zero-order valence-corrected chi connectivity index (χ0v) is 12.1. The number of pyridine rings is 1. The summed E-state index contributed by atoms with van der Waals surface area (Å²) in [5.74, 6) is 1.57. The SMILES string of the molecule is CCCOc1ccc(Nc2cc(C(N)=S)ccn2)cc1. The smallest absolute Gasteiger partial charge is 0.130 e. The van der Waals surface area contributed by atoms with Crippen molar-refractivity contribution in [2.75, 3.05) is 11.9 Å². The maximum Gasteiger partial charge on any atom is 0.130 e. The summed E-state index contributed by atoms with van der Waals surface area (Å²) in [6.07, 6.45) is 2.67. The quantitative estimate of drug-likeness (QED) is 0.799. The Morgan fingerprint density at radius 1 is 1.30 bits per heavy atom. The van der Waals surface area contributed by atoms with Gasteiger partial charge in [0.2, 0.25) is 0 Å². The molecule has 1 heterocycles. The van der Waals surface area contributed by atoms with Crippen molar-refractivity contribution >= 4 is 28.7 Å². The van der Waals surface area contributed by atoms with E-state index in [0.717, 1.165) is 30.0 Å². The third-order valence-corrected chi connectivity index (χ3v) is 2.88. The number of rotatable bonds is 6. The van der Waals surface area contributed by atoms with Gasteiger partial charge in [-0.1, -0.05) is 19.1 Å². The van der Waals surface area contributed by atoms with Crippen molar-refractivity contribution < 1.29 is 4.74 Å². The Hall–Kier alpha value is -2.14. The van der Waals surface area contributed by atoms with Gasteiger partial charge in [0.15, 0.2) is 0 Å². The maximum atomic E-state index is 5.60. The van der Waals surface area contributed by atoms with Gasteiger partial charge in [0.1, 0.15) is 16.6 Å². The van der Waals surface area contributed by atoms with Crippen molar-refractivity contribution in [3.63, 3.8) is 0 Å². The summed E-state index contributed by atoms with van der Waals surface area (Å²) in [7, 11) is 0. The van der Waals surface area contributed by atoms with Gasteiger partial charge in [-0.15, -0.1) is 0 Å². The van der Waals surface area contributed by atoms with Crippen molar-refractivity contribution in [1.82, 2.24) is 4.98 Å². The monoisotopic (exact) mass is 287 g/mol. The number of ether oxygens (including phenoxy) is 1. The number of aromatic nitrogens is 1. The molecule has 0 bridgehead atoms. The second kappa shape index (κ2) is 6.86. The molecular weight excluding hydrogens is 270 g/mol. The molecule has 20 heavy (non-hydrogen) atoms. The molecule has 0 spiro atoms. The molecule has 4 nitrogen and oxygen atoms in total. The van der Waals surface area contributed by atoms with Crippen LogP contribution in [0.2, 0.25) is 0 Å². The average Bonchev–Trinajstić information content (AvgIpc) is 2.47. The van der Waals surface area contributed by atoms with Crippen LogP contribution >= 0.6 is 12.2 Å². The van der Waals surface area contributed by atoms with E-state index in [1.165, 1.54) is 0 Å². The lowest BCUT2D eigenvalue weighted by Crippen LogP contribution is -2.09. The first-order valence-corrected chi connectivity index (χ1v) is 6.85. The van der Waals surface area contributed by atoms with Gasteiger partial charge in [0.05, 0.1) is 6.61 Å². The minimum atomic E-state index is 0.360. The summed E-state index contributed by atoms with van der Waals surface area (Å²) >= 11 is 4.95. The van der Waals surface area contributed by atoms with E-state index >= 15 is 0 Å². The van der Waals surface area contributed by atoms with Crippen molar-refractivity contribution in [1.29, 1.82) is 0 Å². The second-order valence-electron chi connectivity index (χ2n) is 4.29. The lowest BCUT2D eigenvalue weighted by molar-refractivity contribution is 0.317. The highest BCUT2D eigenvalue weighted by Gasteiger charge is 2.01. The average molecular weight is 287 g/mol. The third kappa shape index (κ3) is 3.93. The number of benzene rings is 1. The van der Waals surface area contributed by atoms with E-state index in [1.807, 2.05) is 30.3 Å². The normalized spacial score (nSPS) is 10.1. The van der Waals surface area contributed by atoms with E-state index in [1.54, 1.807) is 12.3 Å². The Kier molecular flexibility index (Phi) is 4.90. The maximum absolute atomic E-state index is 5.60. The fourth-order valence-corrected chi connectivity index (χ4v) is 1.78. The second-order valence-corrected chi connectivity index (χ2v) is 4.73. The van der Waals surface area contributed by atoms with Crippen LogP contribution in [0, 0.1) is 0 Å². The zero-order valence-electron chi connectivity index (χ0n) is 11.3. The number of anilines is 2. The zero-order chi connectivity index (χ0) is 14.4. The summed E-state index contributed by atoms with van der Waals surface area (Å²) in [6.45, 7) is 2.81. The van der Waals surface area contributed by atoms with Crippen molar-refractivity contribution in [2.24, 2.45) is 5.73 Å². The van der Waals surface area contributed by atoms with Crippen LogP contribution in [0.4, 0.5) is 11.5 Å². The van der Waals surface area contributed by atoms with Crippen LogP contribution in [0.5, 0.6) is 5.75 Å². The number of hydrogen-bond acceptors (Lipinski definition) is 4. The minimum absolute atomic E-state index is 0.360. The first kappa shape index (κ1) is 14.3. The van der Waals surface area contributed by atoms with Gasteiger partial charge in [-0.05, 0) is 42.8 Å². The summed E-state index contributed by atoms with van der Waals surface area (Å²) < 4.78 is 5.53. The van der Waals surface area contributed by atoms with Crippen LogP contribution in [0.1, 0.15) is 18.9 Å². The van der Waals surface area contributed by atoms with Crippen LogP contribution < -0.4 is 15.8 Å². The largest absolute Gasteiger partial charge is 0.494 e. The molecule has 1 aromatic carbocycles. The standard InChI is InChI=1S/C15H17N3OS/c1-2-9-19-13-5-3-12(4-6-13)18-14-10-11(15(16)20)7-8-17-14/h3-8,10H,2,9H2,1H3,(H2,16,20)(H,17,18). The minimum Gasteiger partial charge on any atom is -0.494 e. The first-order valence-electron chi connectivity index (χ1n) is 6.45. The molecule has 2 rings (SSSR count). The van der Waals surface area contributed by atoms with Crippen LogP contribution in [-0.2, 0) is 0 Å². The molecule has 0 aliphatic heterocycles. The molecular formula is C15H17N3OS. The Morgan fingerprint density at radius 2 is 2.05 bits per heavy atom. The molecule has 1 aromatic heterocycles. The van der Waals surface area contributed by atoms with E-state index in [4.69, 9.17) is 22.7 Å². The predicted octanol–water partition coefficient (Wildman–Crippen LogP) is 3.25. The molecule has 0 unspecified atom stereocenters. The number of nitrogens with zero attached hydrogens (tertiary/aromatic N) is 1. The molecule has 3 N–H and O–H groups in total. The third-order valence-electron chi connectivity index (χ3n) is 2.64.